The van der Waals surface area contributed by atoms with Gasteiger partial charge >= 0.3 is 6.03 Å². The molecule has 0 unspecified atom stereocenters. The molecule has 1 saturated carbocycles. The molecule has 1 aromatic carbocycles. The largest absolute Gasteiger partial charge is 0.337 e. The minimum absolute atomic E-state index is 0.121. The van der Waals surface area contributed by atoms with Crippen LogP contribution in [0.1, 0.15) is 54.2 Å². The van der Waals surface area contributed by atoms with Crippen LogP contribution in [-0.4, -0.2) is 27.4 Å². The van der Waals surface area contributed by atoms with Crippen LogP contribution in [0.15, 0.2) is 35.1 Å². The van der Waals surface area contributed by atoms with Crippen molar-refractivity contribution in [1.82, 2.24) is 20.2 Å². The maximum absolute atomic E-state index is 12.7. The molecule has 2 N–H and O–H groups in total. The summed E-state index contributed by atoms with van der Waals surface area (Å²) in [4.78, 5) is 33.6. The van der Waals surface area contributed by atoms with E-state index in [1.54, 1.807) is 11.8 Å². The van der Waals surface area contributed by atoms with Gasteiger partial charge in [0.2, 0.25) is 0 Å². The van der Waals surface area contributed by atoms with Gasteiger partial charge in [-0.1, -0.05) is 43.2 Å². The van der Waals surface area contributed by atoms with E-state index >= 15 is 0 Å². The van der Waals surface area contributed by atoms with Crippen molar-refractivity contribution in [3.05, 3.63) is 63.3 Å². The first-order chi connectivity index (χ1) is 13.1. The second kappa shape index (κ2) is 7.55. The highest BCUT2D eigenvalue weighted by Crippen LogP contribution is 2.37. The molecule has 1 atom stereocenters. The van der Waals surface area contributed by atoms with E-state index in [0.29, 0.717) is 48.6 Å². The van der Waals surface area contributed by atoms with Gasteiger partial charge in [-0.3, -0.25) is 4.79 Å². The maximum atomic E-state index is 12.7. The molecule has 2 aliphatic rings. The lowest BCUT2D eigenvalue weighted by Gasteiger charge is -2.26. The van der Waals surface area contributed by atoms with E-state index in [-0.39, 0.29) is 11.6 Å². The van der Waals surface area contributed by atoms with Gasteiger partial charge in [0.05, 0.1) is 24.3 Å². The standard InChI is InChI=1S/C21H26N4O2/c1-14-23-19-13-25(12-18(19)20(26)24-14)21(27)22-11-17(16-9-5-6-10-16)15-7-3-2-4-8-15/h2-4,7-8,16-17H,5-6,9-13H2,1H3,(H,22,27)(H,23,24,26)/t17-/m1/s1. The fourth-order valence-electron chi connectivity index (χ4n) is 4.46. The molecular weight excluding hydrogens is 340 g/mol. The number of nitrogens with zero attached hydrogens (tertiary/aromatic N) is 2. The maximum Gasteiger partial charge on any atom is 0.318 e. The normalized spacial score (nSPS) is 17.7. The van der Waals surface area contributed by atoms with E-state index in [1.165, 1.54) is 31.2 Å². The molecular formula is C21H26N4O2. The van der Waals surface area contributed by atoms with Gasteiger partial charge in [-0.25, -0.2) is 9.78 Å². The SMILES string of the molecule is Cc1nc2c(c(=O)[nH]1)CN(C(=O)NC[C@H](c1ccccc1)C1CCCC1)C2. The van der Waals surface area contributed by atoms with Crippen LogP contribution in [0.5, 0.6) is 0 Å². The zero-order valence-electron chi connectivity index (χ0n) is 15.7. The van der Waals surface area contributed by atoms with Gasteiger partial charge in [0.15, 0.2) is 0 Å². The second-order valence-corrected chi connectivity index (χ2v) is 7.68. The lowest BCUT2D eigenvalue weighted by molar-refractivity contribution is 0.196. The molecule has 1 aliphatic carbocycles. The summed E-state index contributed by atoms with van der Waals surface area (Å²) < 4.78 is 0. The monoisotopic (exact) mass is 366 g/mol. The molecule has 0 radical (unpaired) electrons. The molecule has 1 fully saturated rings. The number of rotatable bonds is 4. The van der Waals surface area contributed by atoms with Crippen molar-refractivity contribution in [1.29, 1.82) is 0 Å². The summed E-state index contributed by atoms with van der Waals surface area (Å²) in [6.07, 6.45) is 5.00. The lowest BCUT2D eigenvalue weighted by Crippen LogP contribution is -2.39. The van der Waals surface area contributed by atoms with Gasteiger partial charge in [0, 0.05) is 12.5 Å². The molecule has 6 nitrogen and oxygen atoms in total. The highest BCUT2D eigenvalue weighted by atomic mass is 16.2. The molecule has 0 spiro atoms. The number of hydrogen-bond donors (Lipinski definition) is 2. The third kappa shape index (κ3) is 3.75. The van der Waals surface area contributed by atoms with E-state index in [2.05, 4.69) is 39.6 Å². The predicted molar refractivity (Wildman–Crippen MR) is 103 cm³/mol. The average molecular weight is 366 g/mol. The Balaban J connectivity index is 1.43. The minimum atomic E-state index is -0.138. The molecule has 4 rings (SSSR count). The second-order valence-electron chi connectivity index (χ2n) is 7.68. The summed E-state index contributed by atoms with van der Waals surface area (Å²) in [6, 6.07) is 10.4. The molecule has 2 heterocycles. The molecule has 1 aliphatic heterocycles. The summed E-state index contributed by atoms with van der Waals surface area (Å²) in [7, 11) is 0. The number of carbonyl (C=O) groups is 1. The van der Waals surface area contributed by atoms with Crippen molar-refractivity contribution < 1.29 is 4.79 Å². The minimum Gasteiger partial charge on any atom is -0.337 e. The molecule has 0 saturated heterocycles. The molecule has 27 heavy (non-hydrogen) atoms. The van der Waals surface area contributed by atoms with Gasteiger partial charge < -0.3 is 15.2 Å². The Hall–Kier alpha value is -2.63. The number of urea groups is 1. The topological polar surface area (TPSA) is 78.1 Å². The van der Waals surface area contributed by atoms with Gasteiger partial charge in [0.25, 0.3) is 5.56 Å². The number of aromatic nitrogens is 2. The van der Waals surface area contributed by atoms with Gasteiger partial charge in [-0.05, 0) is 31.2 Å². The van der Waals surface area contributed by atoms with E-state index in [0.717, 1.165) is 0 Å². The third-order valence-electron chi connectivity index (χ3n) is 5.87. The number of amides is 2. The van der Waals surface area contributed by atoms with Crippen LogP contribution < -0.4 is 10.9 Å². The number of aryl methyl sites for hydroxylation is 1. The van der Waals surface area contributed by atoms with Crippen molar-refractivity contribution in [2.75, 3.05) is 6.54 Å². The highest BCUT2D eigenvalue weighted by Gasteiger charge is 2.30. The van der Waals surface area contributed by atoms with Crippen LogP contribution in [0.4, 0.5) is 4.79 Å². The van der Waals surface area contributed by atoms with E-state index in [1.807, 2.05) is 6.07 Å². The summed E-state index contributed by atoms with van der Waals surface area (Å²) >= 11 is 0. The van der Waals surface area contributed by atoms with Gasteiger partial charge in [-0.15, -0.1) is 0 Å². The first-order valence-corrected chi connectivity index (χ1v) is 9.78. The fraction of sp³-hybridized carbons (Fsp3) is 0.476. The van der Waals surface area contributed by atoms with Crippen LogP contribution in [0.2, 0.25) is 0 Å². The van der Waals surface area contributed by atoms with Crippen LogP contribution in [0.3, 0.4) is 0 Å². The summed E-state index contributed by atoms with van der Waals surface area (Å²) in [5.74, 6) is 1.55. The van der Waals surface area contributed by atoms with Crippen LogP contribution in [0, 0.1) is 12.8 Å². The van der Waals surface area contributed by atoms with Crippen molar-refractivity contribution >= 4 is 6.03 Å². The summed E-state index contributed by atoms with van der Waals surface area (Å²) in [6.45, 7) is 3.11. The number of benzene rings is 1. The number of hydrogen-bond acceptors (Lipinski definition) is 3. The lowest BCUT2D eigenvalue weighted by atomic mass is 9.85. The number of carbonyl (C=O) groups excluding carboxylic acids is 1. The van der Waals surface area contributed by atoms with E-state index in [4.69, 9.17) is 0 Å². The number of nitrogens with one attached hydrogen (secondary N) is 2. The van der Waals surface area contributed by atoms with Crippen molar-refractivity contribution in [3.8, 4) is 0 Å². The zero-order chi connectivity index (χ0) is 18.8. The van der Waals surface area contributed by atoms with Crippen LogP contribution >= 0.6 is 0 Å². The molecule has 0 bridgehead atoms. The first-order valence-electron chi connectivity index (χ1n) is 9.78. The van der Waals surface area contributed by atoms with Crippen LogP contribution in [0.25, 0.3) is 0 Å². The summed E-state index contributed by atoms with van der Waals surface area (Å²) in [5, 5.41) is 3.12. The Morgan fingerprint density at radius 2 is 2.00 bits per heavy atom. The van der Waals surface area contributed by atoms with E-state index < -0.39 is 0 Å². The van der Waals surface area contributed by atoms with Gasteiger partial charge in [-0.2, -0.15) is 0 Å². The molecule has 6 heteroatoms. The quantitative estimate of drug-likeness (QED) is 0.873. The Kier molecular flexibility index (Phi) is 4.97. The Bertz CT molecular complexity index is 871. The Labute approximate surface area is 159 Å². The highest BCUT2D eigenvalue weighted by molar-refractivity contribution is 5.75. The van der Waals surface area contributed by atoms with Crippen molar-refractivity contribution in [2.45, 2.75) is 51.6 Å². The fourth-order valence-corrected chi connectivity index (χ4v) is 4.46. The number of fused-ring (bicyclic) bond motifs is 1. The Morgan fingerprint density at radius 1 is 1.26 bits per heavy atom. The smallest absolute Gasteiger partial charge is 0.318 e. The predicted octanol–water partition coefficient (Wildman–Crippen LogP) is 3.08. The molecule has 2 amide bonds. The zero-order valence-corrected chi connectivity index (χ0v) is 15.7. The average Bonchev–Trinajstić information content (AvgIpc) is 3.32. The molecule has 142 valence electrons. The van der Waals surface area contributed by atoms with Crippen molar-refractivity contribution in [3.63, 3.8) is 0 Å². The van der Waals surface area contributed by atoms with Gasteiger partial charge in [0.1, 0.15) is 5.82 Å². The third-order valence-corrected chi connectivity index (χ3v) is 5.87. The van der Waals surface area contributed by atoms with E-state index in [9.17, 15) is 9.59 Å². The number of H-pyrrole nitrogens is 1. The number of aromatic amines is 1. The molecule has 1 aromatic heterocycles. The van der Waals surface area contributed by atoms with Crippen molar-refractivity contribution in [2.24, 2.45) is 5.92 Å². The first kappa shape index (κ1) is 17.8. The Morgan fingerprint density at radius 3 is 2.74 bits per heavy atom. The van der Waals surface area contributed by atoms with Crippen LogP contribution in [-0.2, 0) is 13.1 Å². The molecule has 2 aromatic rings. The summed E-state index contributed by atoms with van der Waals surface area (Å²) in [5.41, 5.74) is 2.47.